The molecule has 0 saturated heterocycles. The molecule has 0 aliphatic rings. The van der Waals surface area contributed by atoms with E-state index in [1.54, 1.807) is 0 Å². The molecule has 0 aliphatic carbocycles. The topological polar surface area (TPSA) is 0 Å². The summed E-state index contributed by atoms with van der Waals surface area (Å²) in [5, 5.41) is 0. The maximum atomic E-state index is 2.65. The fourth-order valence-electron chi connectivity index (χ4n) is 3.27. The molecule has 0 aromatic heterocycles. The van der Waals surface area contributed by atoms with Gasteiger partial charge in [0, 0.05) is 0 Å². The minimum absolute atomic E-state index is 1.29. The van der Waals surface area contributed by atoms with Crippen molar-refractivity contribution in [3.63, 3.8) is 0 Å². The second-order valence-corrected chi connectivity index (χ2v) is 23.2. The summed E-state index contributed by atoms with van der Waals surface area (Å²) in [7, 11) is -1.29. The monoisotopic (exact) mass is 450 g/mol. The van der Waals surface area contributed by atoms with Crippen LogP contribution in [0.5, 0.6) is 0 Å². The molecular formula is C23H26SiSn. The number of hydrogen-bond acceptors (Lipinski definition) is 0. The maximum absolute atomic E-state index is 3.16. The summed E-state index contributed by atoms with van der Waals surface area (Å²) in [6.45, 7) is 7.25. The van der Waals surface area contributed by atoms with E-state index in [-0.39, 0.29) is 0 Å². The van der Waals surface area contributed by atoms with Gasteiger partial charge in [0.25, 0.3) is 0 Å². The molecule has 0 N–H and O–H groups in total. The van der Waals surface area contributed by atoms with Crippen molar-refractivity contribution in [2.45, 2.75) is 19.6 Å². The van der Waals surface area contributed by atoms with Crippen molar-refractivity contribution in [1.29, 1.82) is 0 Å². The summed E-state index contributed by atoms with van der Waals surface area (Å²) in [6.07, 6.45) is 0. The Balaban J connectivity index is 2.34. The van der Waals surface area contributed by atoms with Gasteiger partial charge in [-0.15, -0.1) is 0 Å². The van der Waals surface area contributed by atoms with Crippen LogP contribution in [0.4, 0.5) is 0 Å². The van der Waals surface area contributed by atoms with Gasteiger partial charge in [0.1, 0.15) is 0 Å². The van der Waals surface area contributed by atoms with Gasteiger partial charge in [0.2, 0.25) is 0 Å². The number of benzene rings is 3. The van der Waals surface area contributed by atoms with Crippen LogP contribution in [-0.4, -0.2) is 26.5 Å². The Morgan fingerprint density at radius 3 is 1.16 bits per heavy atom. The van der Waals surface area contributed by atoms with Crippen molar-refractivity contribution >= 4 is 37.2 Å². The first-order valence-electron chi connectivity index (χ1n) is 8.89. The molecule has 0 atom stereocenters. The van der Waals surface area contributed by atoms with Crippen molar-refractivity contribution in [3.8, 4) is 0 Å². The SMILES string of the molecule is C[Si](C)(C)/C=[CH]/[Sn]([c]1ccccc1)([c]1ccccc1)[c]1ccccc1. The first-order valence-corrected chi connectivity index (χ1v) is 18.4. The van der Waals surface area contributed by atoms with Crippen LogP contribution in [-0.2, 0) is 0 Å². The normalized spacial score (nSPS) is 12.4. The zero-order chi connectivity index (χ0) is 17.8. The molecule has 3 aromatic carbocycles. The zero-order valence-electron chi connectivity index (χ0n) is 15.3. The molecular weight excluding hydrogens is 423 g/mol. The Kier molecular flexibility index (Phi) is 5.65. The van der Waals surface area contributed by atoms with Crippen LogP contribution in [0.2, 0.25) is 19.6 Å². The Labute approximate surface area is 157 Å². The third-order valence-corrected chi connectivity index (χ3v) is 19.2. The third-order valence-electron chi connectivity index (χ3n) is 4.52. The van der Waals surface area contributed by atoms with Gasteiger partial charge in [-0.2, -0.15) is 0 Å². The second kappa shape index (κ2) is 7.75. The molecule has 0 amide bonds. The molecule has 2 heteroatoms. The Morgan fingerprint density at radius 2 is 0.880 bits per heavy atom. The van der Waals surface area contributed by atoms with Crippen LogP contribution in [0.15, 0.2) is 101 Å². The molecule has 0 spiro atoms. The molecule has 0 aliphatic heterocycles. The average Bonchev–Trinajstić information content (AvgIpc) is 2.64. The average molecular weight is 449 g/mol. The molecule has 0 unspecified atom stereocenters. The minimum atomic E-state index is -3.16. The summed E-state index contributed by atoms with van der Waals surface area (Å²) in [5.41, 5.74) is 2.57. The molecule has 126 valence electrons. The van der Waals surface area contributed by atoms with Crippen LogP contribution >= 0.6 is 0 Å². The van der Waals surface area contributed by atoms with Crippen molar-refractivity contribution in [3.05, 3.63) is 101 Å². The van der Waals surface area contributed by atoms with Gasteiger partial charge in [0.15, 0.2) is 0 Å². The standard InChI is InChI=1S/3C6H5.C5H11Si.Sn/c3*1-2-4-6-5-3-1;1-5-6(2,3)4;/h3*1-5H;1,5H,2-4H3;. The molecule has 0 heterocycles. The predicted octanol–water partition coefficient (Wildman–Crippen LogP) is 4.13. The summed E-state index contributed by atoms with van der Waals surface area (Å²) in [4.78, 5) is 0. The van der Waals surface area contributed by atoms with E-state index >= 15 is 0 Å². The van der Waals surface area contributed by atoms with E-state index < -0.39 is 26.5 Å². The van der Waals surface area contributed by atoms with Crippen molar-refractivity contribution < 1.29 is 0 Å². The third kappa shape index (κ3) is 4.16. The van der Waals surface area contributed by atoms with Gasteiger partial charge in [-0.05, 0) is 0 Å². The van der Waals surface area contributed by atoms with Gasteiger partial charge in [-0.25, -0.2) is 0 Å². The van der Waals surface area contributed by atoms with E-state index in [9.17, 15) is 0 Å². The van der Waals surface area contributed by atoms with E-state index in [1.165, 1.54) is 10.7 Å². The van der Waals surface area contributed by atoms with E-state index in [0.29, 0.717) is 0 Å². The summed E-state index contributed by atoms with van der Waals surface area (Å²) in [5.74, 6) is 0. The second-order valence-electron chi connectivity index (χ2n) is 7.61. The molecule has 3 rings (SSSR count). The van der Waals surface area contributed by atoms with Gasteiger partial charge in [0.05, 0.1) is 0 Å². The molecule has 0 nitrogen and oxygen atoms in total. The molecule has 0 fully saturated rings. The first kappa shape index (κ1) is 18.2. The van der Waals surface area contributed by atoms with Gasteiger partial charge >= 0.3 is 158 Å². The fraction of sp³-hybridized carbons (Fsp3) is 0.130. The van der Waals surface area contributed by atoms with Crippen molar-refractivity contribution in [1.82, 2.24) is 0 Å². The van der Waals surface area contributed by atoms with E-state index in [4.69, 9.17) is 0 Å². The Bertz CT molecular complexity index is 722. The predicted molar refractivity (Wildman–Crippen MR) is 116 cm³/mol. The molecule has 0 radical (unpaired) electrons. The van der Waals surface area contributed by atoms with Gasteiger partial charge in [-0.1, -0.05) is 0 Å². The molecule has 0 bridgehead atoms. The van der Waals surface area contributed by atoms with E-state index in [0.717, 1.165) is 0 Å². The number of rotatable bonds is 5. The summed E-state index contributed by atoms with van der Waals surface area (Å²) < 4.78 is 7.21. The quantitative estimate of drug-likeness (QED) is 0.514. The van der Waals surface area contributed by atoms with Crippen LogP contribution in [0.1, 0.15) is 0 Å². The summed E-state index contributed by atoms with van der Waals surface area (Å²) >= 11 is -3.16. The van der Waals surface area contributed by atoms with Crippen molar-refractivity contribution in [2.24, 2.45) is 0 Å². The summed E-state index contributed by atoms with van der Waals surface area (Å²) in [6, 6.07) is 33.5. The van der Waals surface area contributed by atoms with Crippen LogP contribution < -0.4 is 10.7 Å². The van der Waals surface area contributed by atoms with Crippen LogP contribution in [0, 0.1) is 0 Å². The van der Waals surface area contributed by atoms with Crippen molar-refractivity contribution in [2.75, 3.05) is 0 Å². The fourth-order valence-corrected chi connectivity index (χ4v) is 21.1. The number of hydrogen-bond donors (Lipinski definition) is 0. The van der Waals surface area contributed by atoms with E-state index in [1.807, 2.05) is 0 Å². The zero-order valence-corrected chi connectivity index (χ0v) is 19.2. The first-order chi connectivity index (χ1) is 12.0. The Morgan fingerprint density at radius 1 is 0.560 bits per heavy atom. The molecule has 3 aromatic rings. The molecule has 0 saturated carbocycles. The van der Waals surface area contributed by atoms with Crippen LogP contribution in [0.25, 0.3) is 0 Å². The molecule has 25 heavy (non-hydrogen) atoms. The Hall–Kier alpha value is -1.58. The van der Waals surface area contributed by atoms with E-state index in [2.05, 4.69) is 120 Å². The van der Waals surface area contributed by atoms with Gasteiger partial charge in [-0.3, -0.25) is 0 Å². The van der Waals surface area contributed by atoms with Crippen LogP contribution in [0.3, 0.4) is 0 Å². The van der Waals surface area contributed by atoms with Gasteiger partial charge < -0.3 is 0 Å².